The van der Waals surface area contributed by atoms with Crippen molar-refractivity contribution in [2.24, 2.45) is 22.6 Å². The maximum Gasteiger partial charge on any atom is 0.423 e. The molecule has 2 aliphatic heterocycles. The van der Waals surface area contributed by atoms with E-state index in [1.807, 2.05) is 54.3 Å². The summed E-state index contributed by atoms with van der Waals surface area (Å²) in [6.45, 7) is 2.89. The van der Waals surface area contributed by atoms with Crippen molar-refractivity contribution in [3.8, 4) is 0 Å². The van der Waals surface area contributed by atoms with Gasteiger partial charge in [0, 0.05) is 12.6 Å². The van der Waals surface area contributed by atoms with E-state index in [1.54, 1.807) is 24.3 Å². The lowest BCUT2D eigenvalue weighted by atomic mass is 9.71. The van der Waals surface area contributed by atoms with Crippen LogP contribution in [0.5, 0.6) is 0 Å². The number of nitrogens with zero attached hydrogens (tertiary/aromatic N) is 4. The molecule has 59 heavy (non-hydrogen) atoms. The number of aromatic nitrogens is 1. The lowest BCUT2D eigenvalue weighted by Gasteiger charge is -2.42. The van der Waals surface area contributed by atoms with E-state index in [4.69, 9.17) is 15.5 Å². The minimum absolute atomic E-state index is 0.00451. The third kappa shape index (κ3) is 10.0. The van der Waals surface area contributed by atoms with Crippen molar-refractivity contribution in [2.45, 2.75) is 100 Å². The first kappa shape index (κ1) is 42.4. The maximum absolute atomic E-state index is 14.9. The number of benzene rings is 3. The largest absolute Gasteiger partial charge is 0.444 e. The standard InChI is InChI=1S/C43H53N7O7S2/c1-28-19-21-31(22-20-28)59(55,56)48-42(44)46-24-9-16-34(38(51)39-47-33-15-7-8-18-36(33)58-39)49-26-10-17-35(49)40(52)50(43(54)57-27-29-11-3-2-4-12-29)41(53)37-32-14-6-5-13-30(32)23-25-45-37/h2-4,7-8,11-12,15,18-22,30,32,34-35,37-38,45,51H,5-6,9-10,13-14,16-17,23-27H2,1H3,(H3,44,46,48)/t30-,32-,34+,35+,37?,38?/m1/s1. The van der Waals surface area contributed by atoms with Crippen LogP contribution < -0.4 is 15.8 Å². The van der Waals surface area contributed by atoms with Crippen LogP contribution in [-0.2, 0) is 31.0 Å². The van der Waals surface area contributed by atoms with Crippen molar-refractivity contribution in [1.29, 1.82) is 0 Å². The van der Waals surface area contributed by atoms with Gasteiger partial charge in [-0.25, -0.2) is 22.9 Å². The second-order valence-electron chi connectivity index (χ2n) is 15.7. The smallest absolute Gasteiger partial charge is 0.423 e. The number of nitrogens with two attached hydrogens (primary N) is 1. The van der Waals surface area contributed by atoms with Gasteiger partial charge in [-0.2, -0.15) is 4.90 Å². The summed E-state index contributed by atoms with van der Waals surface area (Å²) in [5.41, 5.74) is 8.40. The number of carbonyl (C=O) groups excluding carboxylic acids is 3. The fourth-order valence-electron chi connectivity index (χ4n) is 8.82. The molecule has 2 unspecified atom stereocenters. The summed E-state index contributed by atoms with van der Waals surface area (Å²) in [7, 11) is -3.95. The summed E-state index contributed by atoms with van der Waals surface area (Å²) in [6, 6.07) is 20.7. The lowest BCUT2D eigenvalue weighted by molar-refractivity contribution is -0.149. The normalized spacial score (nSPS) is 22.3. The van der Waals surface area contributed by atoms with Crippen molar-refractivity contribution < 1.29 is 32.6 Å². The fraction of sp³-hybridized carbons (Fsp3) is 0.465. The van der Waals surface area contributed by atoms with Crippen LogP contribution in [0.25, 0.3) is 10.2 Å². The highest BCUT2D eigenvalue weighted by molar-refractivity contribution is 7.90. The van der Waals surface area contributed by atoms with Crippen LogP contribution in [-0.4, -0.2) is 89.9 Å². The molecule has 3 aliphatic rings. The van der Waals surface area contributed by atoms with E-state index in [0.717, 1.165) is 58.3 Å². The maximum atomic E-state index is 14.9. The number of aliphatic hydroxyl groups is 1. The summed E-state index contributed by atoms with van der Waals surface area (Å²) in [6.07, 6.45) is 4.31. The number of aryl methyl sites for hydroxylation is 1. The third-order valence-corrected chi connectivity index (χ3v) is 14.3. The zero-order valence-corrected chi connectivity index (χ0v) is 34.9. The molecule has 16 heteroatoms. The van der Waals surface area contributed by atoms with E-state index in [2.05, 4.69) is 15.0 Å². The van der Waals surface area contributed by atoms with Gasteiger partial charge in [0.15, 0.2) is 0 Å². The summed E-state index contributed by atoms with van der Waals surface area (Å²) in [5, 5.41) is 15.9. The topological polar surface area (TPSA) is 197 Å². The molecule has 3 amide bonds. The van der Waals surface area contributed by atoms with Crippen LogP contribution in [0.15, 0.2) is 88.8 Å². The minimum Gasteiger partial charge on any atom is -0.444 e. The molecule has 1 aromatic heterocycles. The number of para-hydroxylation sites is 1. The number of aliphatic imine (C=N–C) groups is 1. The Morgan fingerprint density at radius 3 is 2.53 bits per heavy atom. The predicted molar refractivity (Wildman–Crippen MR) is 226 cm³/mol. The molecule has 0 bridgehead atoms. The number of piperidine rings is 1. The molecule has 0 radical (unpaired) electrons. The van der Waals surface area contributed by atoms with Gasteiger partial charge in [0.2, 0.25) is 5.96 Å². The molecule has 5 N–H and O–H groups in total. The van der Waals surface area contributed by atoms with Crippen LogP contribution in [0.3, 0.4) is 0 Å². The van der Waals surface area contributed by atoms with Crippen molar-refractivity contribution in [3.63, 3.8) is 0 Å². The molecule has 7 rings (SSSR count). The van der Waals surface area contributed by atoms with Crippen LogP contribution in [0.1, 0.15) is 80.0 Å². The minimum atomic E-state index is -3.95. The van der Waals surface area contributed by atoms with Gasteiger partial charge in [-0.05, 0) is 100 Å². The van der Waals surface area contributed by atoms with Gasteiger partial charge in [-0.3, -0.25) is 19.5 Å². The fourth-order valence-corrected chi connectivity index (χ4v) is 10.8. The molecular formula is C43H53N7O7S2. The Labute approximate surface area is 349 Å². The van der Waals surface area contributed by atoms with Crippen molar-refractivity contribution >= 4 is 55.4 Å². The summed E-state index contributed by atoms with van der Waals surface area (Å²) in [5.74, 6) is -1.22. The van der Waals surface area contributed by atoms with Gasteiger partial charge >= 0.3 is 6.09 Å². The van der Waals surface area contributed by atoms with Gasteiger partial charge in [0.1, 0.15) is 17.7 Å². The highest BCUT2D eigenvalue weighted by atomic mass is 32.2. The molecule has 0 spiro atoms. The van der Waals surface area contributed by atoms with Crippen LogP contribution in [0.4, 0.5) is 4.79 Å². The second kappa shape index (κ2) is 19.1. The Hall–Kier alpha value is -4.74. The molecule has 2 saturated heterocycles. The van der Waals surface area contributed by atoms with Gasteiger partial charge in [0.05, 0.1) is 27.2 Å². The monoisotopic (exact) mass is 843 g/mol. The third-order valence-electron chi connectivity index (χ3n) is 11.8. The number of amides is 3. The number of sulfonamides is 1. The van der Waals surface area contributed by atoms with E-state index in [9.17, 15) is 27.9 Å². The first-order chi connectivity index (χ1) is 28.5. The first-order valence-electron chi connectivity index (χ1n) is 20.5. The molecule has 3 heterocycles. The molecule has 314 valence electrons. The average molecular weight is 844 g/mol. The number of ether oxygens (including phenoxy) is 1. The van der Waals surface area contributed by atoms with E-state index in [1.165, 1.54) is 23.5 Å². The number of carbonyl (C=O) groups is 3. The number of guanidine groups is 1. The molecule has 1 saturated carbocycles. The Morgan fingerprint density at radius 2 is 1.75 bits per heavy atom. The van der Waals surface area contributed by atoms with Gasteiger partial charge in [0.25, 0.3) is 21.8 Å². The molecule has 6 atom stereocenters. The molecular weight excluding hydrogens is 791 g/mol. The van der Waals surface area contributed by atoms with Crippen molar-refractivity contribution in [2.75, 3.05) is 19.6 Å². The Kier molecular flexibility index (Phi) is 13.7. The number of fused-ring (bicyclic) bond motifs is 2. The van der Waals surface area contributed by atoms with Gasteiger partial charge < -0.3 is 20.9 Å². The van der Waals surface area contributed by atoms with E-state index < -0.39 is 52.2 Å². The predicted octanol–water partition coefficient (Wildman–Crippen LogP) is 5.40. The van der Waals surface area contributed by atoms with E-state index >= 15 is 0 Å². The first-order valence-corrected chi connectivity index (χ1v) is 22.8. The Morgan fingerprint density at radius 1 is 1.00 bits per heavy atom. The number of aliphatic hydroxyl groups excluding tert-OH is 1. The molecule has 1 aliphatic carbocycles. The Balaban J connectivity index is 1.13. The van der Waals surface area contributed by atoms with Crippen molar-refractivity contribution in [3.05, 3.63) is 95.0 Å². The number of hydrogen-bond donors (Lipinski definition) is 4. The SMILES string of the molecule is Cc1ccc(S(=O)(=O)NC(N)=NCCC[C@@H](C(O)c2nc3ccccc3s2)N2CCC[C@H]2C(=O)N(C(=O)OCc2ccccc2)C(=O)C2NCC[C@H]3CCCC[C@@H]23)cc1. The zero-order chi connectivity index (χ0) is 41.5. The van der Waals surface area contributed by atoms with E-state index in [-0.39, 0.29) is 29.9 Å². The van der Waals surface area contributed by atoms with Crippen LogP contribution in [0.2, 0.25) is 0 Å². The molecule has 3 fully saturated rings. The number of thiazole rings is 1. The number of nitrogens with one attached hydrogen (secondary N) is 2. The molecule has 4 aromatic rings. The zero-order valence-electron chi connectivity index (χ0n) is 33.2. The lowest BCUT2D eigenvalue weighted by Crippen LogP contribution is -2.61. The number of hydrogen-bond acceptors (Lipinski definition) is 12. The van der Waals surface area contributed by atoms with Crippen LogP contribution in [0, 0.1) is 18.8 Å². The summed E-state index contributed by atoms with van der Waals surface area (Å²) in [4.78, 5) is 55.2. The van der Waals surface area contributed by atoms with Crippen molar-refractivity contribution in [1.82, 2.24) is 24.8 Å². The van der Waals surface area contributed by atoms with E-state index in [0.29, 0.717) is 49.7 Å². The number of likely N-dealkylation sites (tertiary alicyclic amines) is 1. The number of imide groups is 3. The molecule has 14 nitrogen and oxygen atoms in total. The highest BCUT2D eigenvalue weighted by Crippen LogP contribution is 2.39. The van der Waals surface area contributed by atoms with Gasteiger partial charge in [-0.1, -0.05) is 79.4 Å². The average Bonchev–Trinajstić information content (AvgIpc) is 3.91. The molecule has 3 aromatic carbocycles. The number of rotatable bonds is 13. The van der Waals surface area contributed by atoms with Gasteiger partial charge in [-0.15, -0.1) is 11.3 Å². The second-order valence-corrected chi connectivity index (χ2v) is 18.5. The van der Waals surface area contributed by atoms with Crippen LogP contribution >= 0.6 is 11.3 Å². The highest BCUT2D eigenvalue weighted by Gasteiger charge is 2.48. The Bertz CT molecular complexity index is 2200. The summed E-state index contributed by atoms with van der Waals surface area (Å²) >= 11 is 1.36. The quantitative estimate of drug-likeness (QED) is 0.0582. The summed E-state index contributed by atoms with van der Waals surface area (Å²) < 4.78 is 34.7.